The molecule has 0 saturated heterocycles. The molecule has 1 aromatic rings. The van der Waals surface area contributed by atoms with Crippen LogP contribution in [0.2, 0.25) is 0 Å². The van der Waals surface area contributed by atoms with Gasteiger partial charge in [0.25, 0.3) is 0 Å². The standard InChI is InChI=1S/C21H28N2O2/c1-13(22-14(2)24)18-4-3-5-19(9-18)23-20(25)21-10-15-6-16(11-21)8-17(7-15)12-21/h3-5,9,13,15-17H,6-8,10-12H2,1-2H3,(H,22,24)(H,23,25). The Balaban J connectivity index is 1.49. The molecule has 134 valence electrons. The Morgan fingerprint density at radius 1 is 1.08 bits per heavy atom. The van der Waals surface area contributed by atoms with Crippen LogP contribution >= 0.6 is 0 Å². The molecule has 0 aromatic heterocycles. The van der Waals surface area contributed by atoms with E-state index in [-0.39, 0.29) is 23.3 Å². The van der Waals surface area contributed by atoms with Crippen LogP contribution in [0.4, 0.5) is 5.69 Å². The zero-order chi connectivity index (χ0) is 17.6. The molecule has 4 bridgehead atoms. The third kappa shape index (κ3) is 3.19. The minimum absolute atomic E-state index is 0.0458. The van der Waals surface area contributed by atoms with Crippen LogP contribution in [-0.4, -0.2) is 11.8 Å². The lowest BCUT2D eigenvalue weighted by atomic mass is 9.49. The largest absolute Gasteiger partial charge is 0.350 e. The fourth-order valence-corrected chi connectivity index (χ4v) is 5.93. The van der Waals surface area contributed by atoms with Gasteiger partial charge in [0.15, 0.2) is 0 Å². The monoisotopic (exact) mass is 340 g/mol. The minimum Gasteiger partial charge on any atom is -0.350 e. The average molecular weight is 340 g/mol. The van der Waals surface area contributed by atoms with Crippen molar-refractivity contribution in [1.82, 2.24) is 5.32 Å². The summed E-state index contributed by atoms with van der Waals surface area (Å²) in [6, 6.07) is 7.81. The maximum Gasteiger partial charge on any atom is 0.230 e. The Morgan fingerprint density at radius 3 is 2.24 bits per heavy atom. The number of hydrogen-bond acceptors (Lipinski definition) is 2. The zero-order valence-electron chi connectivity index (χ0n) is 15.2. The Labute approximate surface area is 149 Å². The van der Waals surface area contributed by atoms with Crippen LogP contribution in [0.1, 0.15) is 64.0 Å². The van der Waals surface area contributed by atoms with Gasteiger partial charge in [0, 0.05) is 12.6 Å². The zero-order valence-corrected chi connectivity index (χ0v) is 15.2. The van der Waals surface area contributed by atoms with E-state index in [1.165, 1.54) is 26.2 Å². The molecule has 0 aliphatic heterocycles. The van der Waals surface area contributed by atoms with Crippen LogP contribution in [0.5, 0.6) is 0 Å². The first-order valence-electron chi connectivity index (χ1n) is 9.62. The first kappa shape index (κ1) is 16.6. The molecule has 4 heteroatoms. The summed E-state index contributed by atoms with van der Waals surface area (Å²) in [6.07, 6.45) is 7.26. The normalized spacial score (nSPS) is 33.8. The third-order valence-corrected chi connectivity index (χ3v) is 6.58. The summed E-state index contributed by atoms with van der Waals surface area (Å²) in [7, 11) is 0. The summed E-state index contributed by atoms with van der Waals surface area (Å²) in [6.45, 7) is 3.48. The van der Waals surface area contributed by atoms with E-state index in [1.54, 1.807) is 0 Å². The molecule has 4 saturated carbocycles. The van der Waals surface area contributed by atoms with Gasteiger partial charge in [-0.05, 0) is 80.9 Å². The lowest BCUT2D eigenvalue weighted by molar-refractivity contribution is -0.140. The number of benzene rings is 1. The minimum atomic E-state index is -0.131. The van der Waals surface area contributed by atoms with Gasteiger partial charge in [-0.1, -0.05) is 12.1 Å². The van der Waals surface area contributed by atoms with Crippen LogP contribution in [0.25, 0.3) is 0 Å². The van der Waals surface area contributed by atoms with Crippen molar-refractivity contribution in [3.05, 3.63) is 29.8 Å². The second-order valence-corrected chi connectivity index (χ2v) is 8.70. The van der Waals surface area contributed by atoms with E-state index in [4.69, 9.17) is 0 Å². The molecule has 1 unspecified atom stereocenters. The van der Waals surface area contributed by atoms with Gasteiger partial charge in [0.1, 0.15) is 0 Å². The van der Waals surface area contributed by atoms with E-state index >= 15 is 0 Å². The van der Waals surface area contributed by atoms with E-state index < -0.39 is 0 Å². The lowest BCUT2D eigenvalue weighted by Gasteiger charge is -2.55. The average Bonchev–Trinajstić information content (AvgIpc) is 2.53. The highest BCUT2D eigenvalue weighted by Crippen LogP contribution is 2.60. The lowest BCUT2D eigenvalue weighted by Crippen LogP contribution is -2.51. The van der Waals surface area contributed by atoms with Crippen molar-refractivity contribution in [2.75, 3.05) is 5.32 Å². The molecule has 25 heavy (non-hydrogen) atoms. The molecule has 0 spiro atoms. The van der Waals surface area contributed by atoms with E-state index in [2.05, 4.69) is 10.6 Å². The van der Waals surface area contributed by atoms with Gasteiger partial charge in [0.05, 0.1) is 11.5 Å². The molecule has 4 aliphatic carbocycles. The number of carbonyl (C=O) groups is 2. The van der Waals surface area contributed by atoms with Crippen molar-refractivity contribution in [2.24, 2.45) is 23.2 Å². The summed E-state index contributed by atoms with van der Waals surface area (Å²) < 4.78 is 0. The second-order valence-electron chi connectivity index (χ2n) is 8.70. The van der Waals surface area contributed by atoms with Crippen LogP contribution in [-0.2, 0) is 9.59 Å². The number of rotatable bonds is 4. The van der Waals surface area contributed by atoms with E-state index in [1.807, 2.05) is 31.2 Å². The van der Waals surface area contributed by atoms with Crippen molar-refractivity contribution >= 4 is 17.5 Å². The van der Waals surface area contributed by atoms with Gasteiger partial charge < -0.3 is 10.6 Å². The molecule has 0 radical (unpaired) electrons. The van der Waals surface area contributed by atoms with E-state index in [0.29, 0.717) is 0 Å². The highest BCUT2D eigenvalue weighted by molar-refractivity contribution is 5.95. The number of amides is 2. The van der Waals surface area contributed by atoms with Crippen molar-refractivity contribution in [2.45, 2.75) is 58.4 Å². The van der Waals surface area contributed by atoms with E-state index in [0.717, 1.165) is 48.3 Å². The molecule has 1 aromatic carbocycles. The molecular formula is C21H28N2O2. The summed E-state index contributed by atoms with van der Waals surface area (Å²) in [5.41, 5.74) is 1.72. The molecule has 4 aliphatic rings. The SMILES string of the molecule is CC(=O)NC(C)c1cccc(NC(=O)C23CC4CC(CC(C4)C2)C3)c1. The first-order valence-corrected chi connectivity index (χ1v) is 9.62. The molecule has 4 nitrogen and oxygen atoms in total. The molecule has 5 rings (SSSR count). The van der Waals surface area contributed by atoms with Gasteiger partial charge in [-0.15, -0.1) is 0 Å². The van der Waals surface area contributed by atoms with Crippen molar-refractivity contribution in [3.8, 4) is 0 Å². The number of anilines is 1. The first-order chi connectivity index (χ1) is 11.9. The van der Waals surface area contributed by atoms with Gasteiger partial charge in [-0.3, -0.25) is 9.59 Å². The van der Waals surface area contributed by atoms with Gasteiger partial charge in [-0.2, -0.15) is 0 Å². The predicted octanol–water partition coefficient (Wildman–Crippen LogP) is 4.04. The maximum atomic E-state index is 13.1. The predicted molar refractivity (Wildman–Crippen MR) is 97.9 cm³/mol. The summed E-state index contributed by atoms with van der Waals surface area (Å²) >= 11 is 0. The molecule has 1 atom stereocenters. The van der Waals surface area contributed by atoms with Gasteiger partial charge in [0.2, 0.25) is 11.8 Å². The van der Waals surface area contributed by atoms with Crippen molar-refractivity contribution in [3.63, 3.8) is 0 Å². The van der Waals surface area contributed by atoms with Crippen LogP contribution in [0.15, 0.2) is 24.3 Å². The van der Waals surface area contributed by atoms with Crippen LogP contribution < -0.4 is 10.6 Å². The molecule has 0 heterocycles. The Morgan fingerprint density at radius 2 is 1.68 bits per heavy atom. The highest BCUT2D eigenvalue weighted by Gasteiger charge is 2.54. The fraction of sp³-hybridized carbons (Fsp3) is 0.619. The van der Waals surface area contributed by atoms with Crippen molar-refractivity contribution < 1.29 is 9.59 Å². The second kappa shape index (κ2) is 6.15. The summed E-state index contributed by atoms with van der Waals surface area (Å²) in [5, 5.41) is 6.09. The van der Waals surface area contributed by atoms with Gasteiger partial charge in [-0.25, -0.2) is 0 Å². The molecule has 4 fully saturated rings. The highest BCUT2D eigenvalue weighted by atomic mass is 16.2. The summed E-state index contributed by atoms with van der Waals surface area (Å²) in [5.74, 6) is 2.47. The Hall–Kier alpha value is -1.84. The smallest absolute Gasteiger partial charge is 0.230 e. The quantitative estimate of drug-likeness (QED) is 0.869. The van der Waals surface area contributed by atoms with E-state index in [9.17, 15) is 9.59 Å². The Kier molecular flexibility index (Phi) is 4.09. The third-order valence-electron chi connectivity index (χ3n) is 6.58. The van der Waals surface area contributed by atoms with Crippen molar-refractivity contribution in [1.29, 1.82) is 0 Å². The fourth-order valence-electron chi connectivity index (χ4n) is 5.93. The number of carbonyl (C=O) groups excluding carboxylic acids is 2. The van der Waals surface area contributed by atoms with Crippen LogP contribution in [0.3, 0.4) is 0 Å². The van der Waals surface area contributed by atoms with Crippen LogP contribution in [0, 0.1) is 23.2 Å². The Bertz CT molecular complexity index is 662. The summed E-state index contributed by atoms with van der Waals surface area (Å²) in [4.78, 5) is 24.4. The topological polar surface area (TPSA) is 58.2 Å². The maximum absolute atomic E-state index is 13.1. The van der Waals surface area contributed by atoms with Gasteiger partial charge >= 0.3 is 0 Å². The molecular weight excluding hydrogens is 312 g/mol. The number of hydrogen-bond donors (Lipinski definition) is 2. The number of nitrogens with one attached hydrogen (secondary N) is 2. The molecule has 2 amide bonds. The molecule has 2 N–H and O–H groups in total.